The zero-order chi connectivity index (χ0) is 16.8. The van der Waals surface area contributed by atoms with Crippen molar-refractivity contribution in [1.29, 1.82) is 0 Å². The second-order valence-electron chi connectivity index (χ2n) is 5.18. The molecule has 2 aromatic carbocycles. The number of hydrazine groups is 1. The molecule has 0 radical (unpaired) electrons. The van der Waals surface area contributed by atoms with Crippen LogP contribution in [-0.4, -0.2) is 11.1 Å². The molecule has 0 saturated heterocycles. The van der Waals surface area contributed by atoms with Gasteiger partial charge in [-0.2, -0.15) is 0 Å². The molecular formula is C19H17N3O2. The number of rotatable bonds is 4. The van der Waals surface area contributed by atoms with Crippen LogP contribution in [0.4, 0.5) is 10.5 Å². The first-order valence-corrected chi connectivity index (χ1v) is 7.51. The van der Waals surface area contributed by atoms with Gasteiger partial charge in [0.05, 0.1) is 17.6 Å². The largest absolute Gasteiger partial charge is 0.443 e. The van der Waals surface area contributed by atoms with Crippen LogP contribution in [0.3, 0.4) is 0 Å². The van der Waals surface area contributed by atoms with Gasteiger partial charge in [-0.05, 0) is 17.7 Å². The number of carbonyl (C=O) groups excluding carboxylic acids is 1. The van der Waals surface area contributed by atoms with Gasteiger partial charge in [0, 0.05) is 5.56 Å². The molecule has 0 saturated carbocycles. The molecule has 3 rings (SSSR count). The summed E-state index contributed by atoms with van der Waals surface area (Å²) in [7, 11) is 0. The van der Waals surface area contributed by atoms with E-state index >= 15 is 0 Å². The SMILES string of the molecule is NN(C(=O)OCc1ccccc1)c1ccc(-c2ccccc2)nc1. The third kappa shape index (κ3) is 3.77. The summed E-state index contributed by atoms with van der Waals surface area (Å²) in [6.45, 7) is 0.170. The van der Waals surface area contributed by atoms with Crippen molar-refractivity contribution in [3.05, 3.63) is 84.6 Å². The predicted molar refractivity (Wildman–Crippen MR) is 93.0 cm³/mol. The fourth-order valence-corrected chi connectivity index (χ4v) is 2.20. The van der Waals surface area contributed by atoms with E-state index in [2.05, 4.69) is 4.98 Å². The molecule has 0 aliphatic heterocycles. The molecule has 1 amide bonds. The molecule has 3 aromatic rings. The summed E-state index contributed by atoms with van der Waals surface area (Å²) in [6.07, 6.45) is 0.916. The number of benzene rings is 2. The monoisotopic (exact) mass is 319 g/mol. The number of anilines is 1. The third-order valence-electron chi connectivity index (χ3n) is 3.50. The number of amides is 1. The number of hydrogen-bond acceptors (Lipinski definition) is 4. The topological polar surface area (TPSA) is 68.5 Å². The summed E-state index contributed by atoms with van der Waals surface area (Å²) in [5.74, 6) is 5.81. The number of aromatic nitrogens is 1. The molecule has 5 heteroatoms. The minimum Gasteiger partial charge on any atom is -0.443 e. The quantitative estimate of drug-likeness (QED) is 0.451. The van der Waals surface area contributed by atoms with Crippen LogP contribution in [0, 0.1) is 0 Å². The summed E-state index contributed by atoms with van der Waals surface area (Å²) in [6, 6.07) is 22.8. The molecule has 0 aliphatic rings. The van der Waals surface area contributed by atoms with Crippen LogP contribution in [-0.2, 0) is 11.3 Å². The summed E-state index contributed by atoms with van der Waals surface area (Å²) >= 11 is 0. The Morgan fingerprint density at radius 3 is 2.25 bits per heavy atom. The molecule has 0 aliphatic carbocycles. The van der Waals surface area contributed by atoms with Gasteiger partial charge in [0.25, 0.3) is 0 Å². The van der Waals surface area contributed by atoms with Crippen LogP contribution in [0.15, 0.2) is 79.0 Å². The van der Waals surface area contributed by atoms with Crippen molar-refractivity contribution in [2.45, 2.75) is 6.61 Å². The summed E-state index contributed by atoms with van der Waals surface area (Å²) in [4.78, 5) is 16.4. The van der Waals surface area contributed by atoms with Gasteiger partial charge in [-0.25, -0.2) is 15.6 Å². The lowest BCUT2D eigenvalue weighted by Crippen LogP contribution is -2.37. The minimum absolute atomic E-state index is 0.170. The number of carbonyl (C=O) groups is 1. The highest BCUT2D eigenvalue weighted by molar-refractivity contribution is 5.86. The smallest absolute Gasteiger partial charge is 0.429 e. The first kappa shape index (κ1) is 15.7. The molecule has 0 unspecified atom stereocenters. The number of pyridine rings is 1. The van der Waals surface area contributed by atoms with Crippen LogP contribution in [0.25, 0.3) is 11.3 Å². The van der Waals surface area contributed by atoms with E-state index in [1.807, 2.05) is 66.7 Å². The fraction of sp³-hybridized carbons (Fsp3) is 0.0526. The van der Waals surface area contributed by atoms with E-state index in [1.54, 1.807) is 12.3 Å². The van der Waals surface area contributed by atoms with Crippen molar-refractivity contribution in [2.24, 2.45) is 5.84 Å². The van der Waals surface area contributed by atoms with Gasteiger partial charge in [-0.1, -0.05) is 60.7 Å². The number of nitrogens with zero attached hydrogens (tertiary/aromatic N) is 2. The summed E-state index contributed by atoms with van der Waals surface area (Å²) < 4.78 is 5.19. The highest BCUT2D eigenvalue weighted by Crippen LogP contribution is 2.19. The molecule has 0 atom stereocenters. The Balaban J connectivity index is 1.64. The van der Waals surface area contributed by atoms with Gasteiger partial charge in [-0.15, -0.1) is 0 Å². The maximum atomic E-state index is 12.0. The van der Waals surface area contributed by atoms with Crippen LogP contribution in [0.1, 0.15) is 5.56 Å². The van der Waals surface area contributed by atoms with Gasteiger partial charge >= 0.3 is 6.09 Å². The number of nitrogens with two attached hydrogens (primary N) is 1. The lowest BCUT2D eigenvalue weighted by Gasteiger charge is -2.16. The van der Waals surface area contributed by atoms with Crippen molar-refractivity contribution in [2.75, 3.05) is 5.01 Å². The second kappa shape index (κ2) is 7.39. The Bertz CT molecular complexity index is 790. The van der Waals surface area contributed by atoms with Crippen molar-refractivity contribution < 1.29 is 9.53 Å². The van der Waals surface area contributed by atoms with Gasteiger partial charge in [0.2, 0.25) is 0 Å². The van der Waals surface area contributed by atoms with E-state index in [0.29, 0.717) is 5.69 Å². The molecule has 0 bridgehead atoms. The Labute approximate surface area is 140 Å². The van der Waals surface area contributed by atoms with E-state index < -0.39 is 6.09 Å². The second-order valence-corrected chi connectivity index (χ2v) is 5.18. The van der Waals surface area contributed by atoms with Gasteiger partial charge in [0.1, 0.15) is 6.61 Å². The van der Waals surface area contributed by atoms with E-state index in [-0.39, 0.29) is 6.61 Å². The third-order valence-corrected chi connectivity index (χ3v) is 3.50. The fourth-order valence-electron chi connectivity index (χ4n) is 2.20. The van der Waals surface area contributed by atoms with Crippen molar-refractivity contribution >= 4 is 11.8 Å². The Morgan fingerprint density at radius 1 is 0.958 bits per heavy atom. The molecule has 0 fully saturated rings. The van der Waals surface area contributed by atoms with Crippen molar-refractivity contribution in [3.63, 3.8) is 0 Å². The van der Waals surface area contributed by atoms with Crippen molar-refractivity contribution in [1.82, 2.24) is 4.98 Å². The minimum atomic E-state index is -0.631. The molecule has 0 spiro atoms. The van der Waals surface area contributed by atoms with Crippen molar-refractivity contribution in [3.8, 4) is 11.3 Å². The molecule has 1 heterocycles. The van der Waals surface area contributed by atoms with Crippen LogP contribution in [0.2, 0.25) is 0 Å². The van der Waals surface area contributed by atoms with Crippen LogP contribution in [0.5, 0.6) is 0 Å². The van der Waals surface area contributed by atoms with E-state index in [0.717, 1.165) is 21.8 Å². The molecule has 120 valence electrons. The standard InChI is InChI=1S/C19H17N3O2/c20-22(19(23)24-14-15-7-3-1-4-8-15)17-11-12-18(21-13-17)16-9-5-2-6-10-16/h1-13H,14,20H2. The summed E-state index contributed by atoms with van der Waals surface area (Å²) in [5, 5.41) is 0.949. The first-order valence-electron chi connectivity index (χ1n) is 7.51. The van der Waals surface area contributed by atoms with Gasteiger partial charge < -0.3 is 4.74 Å². The average Bonchev–Trinajstić information content (AvgIpc) is 2.67. The first-order chi connectivity index (χ1) is 11.7. The van der Waals surface area contributed by atoms with Crippen LogP contribution >= 0.6 is 0 Å². The molecule has 2 N–H and O–H groups in total. The van der Waals surface area contributed by atoms with Crippen LogP contribution < -0.4 is 10.9 Å². The lowest BCUT2D eigenvalue weighted by atomic mass is 10.1. The van der Waals surface area contributed by atoms with E-state index in [9.17, 15) is 4.79 Å². The highest BCUT2D eigenvalue weighted by Gasteiger charge is 2.14. The molecule has 24 heavy (non-hydrogen) atoms. The predicted octanol–water partition coefficient (Wildman–Crippen LogP) is 3.77. The lowest BCUT2D eigenvalue weighted by molar-refractivity contribution is 0.147. The van der Waals surface area contributed by atoms with Gasteiger partial charge in [-0.3, -0.25) is 4.98 Å². The maximum Gasteiger partial charge on any atom is 0.429 e. The Kier molecular flexibility index (Phi) is 4.84. The average molecular weight is 319 g/mol. The number of ether oxygens (including phenoxy) is 1. The molecule has 1 aromatic heterocycles. The molecule has 5 nitrogen and oxygen atoms in total. The zero-order valence-corrected chi connectivity index (χ0v) is 13.0. The highest BCUT2D eigenvalue weighted by atomic mass is 16.6. The maximum absolute atomic E-state index is 12.0. The Hall–Kier alpha value is -3.18. The number of hydrogen-bond donors (Lipinski definition) is 1. The normalized spacial score (nSPS) is 10.2. The van der Waals surface area contributed by atoms with E-state index in [1.165, 1.54) is 0 Å². The Morgan fingerprint density at radius 2 is 1.62 bits per heavy atom. The molecular weight excluding hydrogens is 302 g/mol. The summed E-state index contributed by atoms with van der Waals surface area (Å²) in [5.41, 5.74) is 3.18. The zero-order valence-electron chi connectivity index (χ0n) is 13.0. The van der Waals surface area contributed by atoms with E-state index in [4.69, 9.17) is 10.6 Å². The van der Waals surface area contributed by atoms with Gasteiger partial charge in [0.15, 0.2) is 0 Å².